The molecule has 2 aliphatic rings. The maximum atomic E-state index is 13.0. The van der Waals surface area contributed by atoms with E-state index >= 15 is 0 Å². The van der Waals surface area contributed by atoms with Crippen molar-refractivity contribution in [3.05, 3.63) is 65.4 Å². The first-order valence-corrected chi connectivity index (χ1v) is 13.8. The number of anilines is 3. The average molecular weight is 545 g/mol. The number of piperidine rings is 2. The number of hydrogen-bond acceptors (Lipinski definition) is 7. The topological polar surface area (TPSA) is 90.7 Å². The van der Waals surface area contributed by atoms with Gasteiger partial charge in [-0.25, -0.2) is 14.5 Å². The van der Waals surface area contributed by atoms with Gasteiger partial charge in [0, 0.05) is 37.8 Å². The number of carbonyl (C=O) groups is 1. The normalized spacial score (nSPS) is 16.9. The molecule has 202 valence electrons. The first-order valence-electron chi connectivity index (χ1n) is 13.5. The number of rotatable bonds is 5. The van der Waals surface area contributed by atoms with Crippen molar-refractivity contribution in [1.82, 2.24) is 29.8 Å². The number of carbonyl (C=O) groups excluding carboxylic acids is 1. The number of fused-ring (bicyclic) bond motifs is 1. The van der Waals surface area contributed by atoms with Crippen LogP contribution in [0.5, 0.6) is 0 Å². The lowest BCUT2D eigenvalue weighted by Crippen LogP contribution is -2.45. The summed E-state index contributed by atoms with van der Waals surface area (Å²) in [5.74, 6) is 0.943. The number of hydrogen-bond donors (Lipinski definition) is 2. The van der Waals surface area contributed by atoms with Crippen LogP contribution in [0.2, 0.25) is 5.02 Å². The molecule has 0 radical (unpaired) electrons. The molecule has 1 aromatic carbocycles. The summed E-state index contributed by atoms with van der Waals surface area (Å²) in [6.45, 7) is 4.44. The van der Waals surface area contributed by atoms with E-state index in [1.165, 1.54) is 25.7 Å². The third kappa shape index (κ3) is 5.16. The van der Waals surface area contributed by atoms with Crippen molar-refractivity contribution in [2.75, 3.05) is 50.5 Å². The molecule has 1 amide bonds. The summed E-state index contributed by atoms with van der Waals surface area (Å²) in [6.07, 6.45) is 8.70. The Morgan fingerprint density at radius 3 is 2.41 bits per heavy atom. The number of nitrogens with one attached hydrogen (secondary N) is 2. The minimum atomic E-state index is -0.110. The van der Waals surface area contributed by atoms with E-state index in [1.54, 1.807) is 41.8 Å². The number of aromatic nitrogens is 4. The Hall–Kier alpha value is -3.69. The van der Waals surface area contributed by atoms with Gasteiger partial charge in [-0.15, -0.1) is 5.10 Å². The molecule has 9 nitrogen and oxygen atoms in total. The van der Waals surface area contributed by atoms with Crippen LogP contribution in [0, 0.1) is 5.41 Å². The van der Waals surface area contributed by atoms with E-state index in [2.05, 4.69) is 31.6 Å². The monoisotopic (exact) mass is 544 g/mol. The minimum Gasteiger partial charge on any atom is -0.370 e. The van der Waals surface area contributed by atoms with Crippen molar-refractivity contribution in [3.8, 4) is 11.3 Å². The molecule has 2 aliphatic heterocycles. The van der Waals surface area contributed by atoms with Crippen LogP contribution >= 0.6 is 11.6 Å². The van der Waals surface area contributed by atoms with Crippen molar-refractivity contribution in [3.63, 3.8) is 0 Å². The highest BCUT2D eigenvalue weighted by atomic mass is 35.5. The fourth-order valence-corrected chi connectivity index (χ4v) is 5.90. The Labute approximate surface area is 233 Å². The van der Waals surface area contributed by atoms with E-state index in [4.69, 9.17) is 16.7 Å². The standard InChI is InChI=1S/C29H33ClN8O/c1-36(2)27(39)24-17-23-19-33-28(35-38(23)26(24)20-3-5-21(30)6-4-20)34-25-8-7-22(18-32-25)37-15-11-29(12-16-37)9-13-31-14-10-29/h3-8,17-19,31H,9-16H2,1-2H3,(H,32,34,35). The zero-order valence-electron chi connectivity index (χ0n) is 22.3. The lowest BCUT2D eigenvalue weighted by Gasteiger charge is -2.45. The van der Waals surface area contributed by atoms with E-state index in [0.29, 0.717) is 33.5 Å². The Morgan fingerprint density at radius 2 is 1.74 bits per heavy atom. The molecule has 3 aromatic heterocycles. The number of amides is 1. The summed E-state index contributed by atoms with van der Waals surface area (Å²) in [5, 5.41) is 12.1. The van der Waals surface area contributed by atoms with Gasteiger partial charge in [0.25, 0.3) is 5.91 Å². The van der Waals surface area contributed by atoms with Gasteiger partial charge in [0.1, 0.15) is 5.82 Å². The van der Waals surface area contributed by atoms with Crippen LogP contribution in [-0.4, -0.2) is 70.7 Å². The lowest BCUT2D eigenvalue weighted by molar-refractivity contribution is 0.0828. The van der Waals surface area contributed by atoms with E-state index in [1.807, 2.05) is 30.5 Å². The second kappa shape index (κ2) is 10.5. The van der Waals surface area contributed by atoms with Gasteiger partial charge in [0.2, 0.25) is 5.95 Å². The van der Waals surface area contributed by atoms with Crippen molar-refractivity contribution in [2.45, 2.75) is 25.7 Å². The van der Waals surface area contributed by atoms with Crippen molar-refractivity contribution >= 4 is 40.5 Å². The van der Waals surface area contributed by atoms with Gasteiger partial charge in [-0.3, -0.25) is 4.79 Å². The van der Waals surface area contributed by atoms with Crippen molar-refractivity contribution < 1.29 is 4.79 Å². The lowest BCUT2D eigenvalue weighted by atomic mass is 9.71. The van der Waals surface area contributed by atoms with Gasteiger partial charge in [-0.2, -0.15) is 0 Å². The predicted molar refractivity (Wildman–Crippen MR) is 155 cm³/mol. The maximum absolute atomic E-state index is 13.0. The average Bonchev–Trinajstić information content (AvgIpc) is 3.33. The van der Waals surface area contributed by atoms with Crippen LogP contribution in [0.25, 0.3) is 16.8 Å². The van der Waals surface area contributed by atoms with Crippen LogP contribution in [0.3, 0.4) is 0 Å². The van der Waals surface area contributed by atoms with Gasteiger partial charge in [0.15, 0.2) is 0 Å². The summed E-state index contributed by atoms with van der Waals surface area (Å²) in [7, 11) is 3.47. The van der Waals surface area contributed by atoms with E-state index in [-0.39, 0.29) is 5.91 Å². The first kappa shape index (κ1) is 25.6. The Kier molecular flexibility index (Phi) is 6.86. The predicted octanol–water partition coefficient (Wildman–Crippen LogP) is 4.86. The van der Waals surface area contributed by atoms with Gasteiger partial charge in [-0.05, 0) is 74.5 Å². The highest BCUT2D eigenvalue weighted by molar-refractivity contribution is 6.30. The van der Waals surface area contributed by atoms with Gasteiger partial charge in [-0.1, -0.05) is 23.7 Å². The Morgan fingerprint density at radius 1 is 1.00 bits per heavy atom. The molecule has 1 spiro atoms. The van der Waals surface area contributed by atoms with E-state index in [9.17, 15) is 4.79 Å². The second-order valence-electron chi connectivity index (χ2n) is 10.8. The van der Waals surface area contributed by atoms with Crippen LogP contribution in [0.4, 0.5) is 17.5 Å². The quantitative estimate of drug-likeness (QED) is 0.371. The number of halogens is 1. The molecule has 2 fully saturated rings. The highest BCUT2D eigenvalue weighted by Crippen LogP contribution is 2.40. The van der Waals surface area contributed by atoms with Gasteiger partial charge >= 0.3 is 0 Å². The summed E-state index contributed by atoms with van der Waals surface area (Å²) in [5.41, 5.74) is 4.45. The number of pyridine rings is 1. The molecule has 4 aromatic rings. The molecular formula is C29H33ClN8O. The highest BCUT2D eigenvalue weighted by Gasteiger charge is 2.35. The summed E-state index contributed by atoms with van der Waals surface area (Å²) < 4.78 is 1.74. The SMILES string of the molecule is CN(C)C(=O)c1cc2cnc(Nc3ccc(N4CCC5(CCNCC5)CC4)cn3)nn2c1-c1ccc(Cl)cc1. The zero-order valence-corrected chi connectivity index (χ0v) is 23.1. The summed E-state index contributed by atoms with van der Waals surface area (Å²) in [4.78, 5) is 26.1. The molecule has 5 heterocycles. The van der Waals surface area contributed by atoms with Crippen LogP contribution in [-0.2, 0) is 0 Å². The Balaban J connectivity index is 1.23. The molecule has 0 unspecified atom stereocenters. The molecule has 2 saturated heterocycles. The second-order valence-corrected chi connectivity index (χ2v) is 11.2. The fraction of sp³-hybridized carbons (Fsp3) is 0.379. The molecule has 39 heavy (non-hydrogen) atoms. The number of nitrogens with zero attached hydrogens (tertiary/aromatic N) is 6. The summed E-state index contributed by atoms with van der Waals surface area (Å²) in [6, 6.07) is 13.3. The molecule has 0 saturated carbocycles. The fourth-order valence-electron chi connectivity index (χ4n) is 5.77. The van der Waals surface area contributed by atoms with Gasteiger partial charge in [0.05, 0.1) is 34.9 Å². The molecule has 6 rings (SSSR count). The Bertz CT molecular complexity index is 1470. The van der Waals surface area contributed by atoms with Crippen molar-refractivity contribution in [2.24, 2.45) is 5.41 Å². The minimum absolute atomic E-state index is 0.110. The van der Waals surface area contributed by atoms with Crippen LogP contribution < -0.4 is 15.5 Å². The third-order valence-corrected chi connectivity index (χ3v) is 8.36. The van der Waals surface area contributed by atoms with Crippen molar-refractivity contribution in [1.29, 1.82) is 0 Å². The maximum Gasteiger partial charge on any atom is 0.255 e. The molecule has 10 heteroatoms. The third-order valence-electron chi connectivity index (χ3n) is 8.11. The van der Waals surface area contributed by atoms with E-state index < -0.39 is 0 Å². The largest absolute Gasteiger partial charge is 0.370 e. The van der Waals surface area contributed by atoms with Gasteiger partial charge < -0.3 is 20.4 Å². The molecule has 0 bridgehead atoms. The molecule has 0 atom stereocenters. The van der Waals surface area contributed by atoms with Crippen LogP contribution in [0.15, 0.2) is 54.9 Å². The number of benzene rings is 1. The summed E-state index contributed by atoms with van der Waals surface area (Å²) >= 11 is 6.12. The molecule has 2 N–H and O–H groups in total. The molecule has 0 aliphatic carbocycles. The van der Waals surface area contributed by atoms with E-state index in [0.717, 1.165) is 42.9 Å². The smallest absolute Gasteiger partial charge is 0.255 e. The first-order chi connectivity index (χ1) is 18.9. The molecular weight excluding hydrogens is 512 g/mol. The van der Waals surface area contributed by atoms with Crippen LogP contribution in [0.1, 0.15) is 36.0 Å². The zero-order chi connectivity index (χ0) is 27.0.